The molecular formula is C21H21N5O. The topological polar surface area (TPSA) is 64.2 Å². The number of benzene rings is 1. The summed E-state index contributed by atoms with van der Waals surface area (Å²) < 4.78 is 3.68. The number of carbonyl (C=O) groups is 1. The maximum Gasteiger partial charge on any atom is 0.253 e. The molecule has 4 rings (SSSR count). The summed E-state index contributed by atoms with van der Waals surface area (Å²) in [6.45, 7) is 2.04. The first-order chi connectivity index (χ1) is 13.2. The average Bonchev–Trinajstić information content (AvgIpc) is 3.32. The molecular weight excluding hydrogens is 338 g/mol. The third kappa shape index (κ3) is 3.33. The van der Waals surface area contributed by atoms with Crippen LogP contribution in [-0.2, 0) is 7.05 Å². The first-order valence-corrected chi connectivity index (χ1v) is 8.98. The molecule has 0 spiro atoms. The molecule has 0 saturated heterocycles. The van der Waals surface area contributed by atoms with Crippen LogP contribution in [0.3, 0.4) is 0 Å². The van der Waals surface area contributed by atoms with E-state index in [0.29, 0.717) is 5.56 Å². The Kier molecular flexibility index (Phi) is 4.46. The van der Waals surface area contributed by atoms with Gasteiger partial charge in [0.15, 0.2) is 0 Å². The largest absolute Gasteiger partial charge is 0.344 e. The Bertz CT molecular complexity index is 1080. The van der Waals surface area contributed by atoms with Gasteiger partial charge in [0.05, 0.1) is 23.0 Å². The van der Waals surface area contributed by atoms with Crippen LogP contribution in [0.15, 0.2) is 67.1 Å². The molecule has 1 atom stereocenters. The molecule has 1 N–H and O–H groups in total. The zero-order chi connectivity index (χ0) is 18.8. The summed E-state index contributed by atoms with van der Waals surface area (Å²) in [5.41, 5.74) is 4.33. The first-order valence-electron chi connectivity index (χ1n) is 8.98. The fourth-order valence-electron chi connectivity index (χ4n) is 3.23. The zero-order valence-electron chi connectivity index (χ0n) is 15.3. The van der Waals surface area contributed by atoms with Crippen molar-refractivity contribution >= 4 is 11.6 Å². The van der Waals surface area contributed by atoms with E-state index < -0.39 is 0 Å². The number of rotatable bonds is 5. The molecule has 136 valence electrons. The molecule has 6 heteroatoms. The van der Waals surface area contributed by atoms with Gasteiger partial charge in [0.2, 0.25) is 0 Å². The highest BCUT2D eigenvalue weighted by Gasteiger charge is 2.17. The maximum absolute atomic E-state index is 12.8. The van der Waals surface area contributed by atoms with E-state index in [9.17, 15) is 4.79 Å². The summed E-state index contributed by atoms with van der Waals surface area (Å²) in [6.07, 6.45) is 6.30. The molecule has 6 nitrogen and oxygen atoms in total. The summed E-state index contributed by atoms with van der Waals surface area (Å²) in [7, 11) is 1.88. The van der Waals surface area contributed by atoms with Crippen molar-refractivity contribution in [3.63, 3.8) is 0 Å². The molecule has 0 fully saturated rings. The van der Waals surface area contributed by atoms with E-state index in [4.69, 9.17) is 0 Å². The number of amides is 1. The Hall–Kier alpha value is -3.41. The van der Waals surface area contributed by atoms with Crippen molar-refractivity contribution < 1.29 is 4.79 Å². The van der Waals surface area contributed by atoms with Gasteiger partial charge >= 0.3 is 0 Å². The number of pyridine rings is 1. The summed E-state index contributed by atoms with van der Waals surface area (Å²) in [6, 6.07) is 15.5. The molecule has 1 amide bonds. The lowest BCUT2D eigenvalue weighted by Gasteiger charge is -2.17. The third-order valence-electron chi connectivity index (χ3n) is 4.71. The number of hydrogen-bond donors (Lipinski definition) is 1. The van der Waals surface area contributed by atoms with Crippen LogP contribution in [-0.4, -0.2) is 25.1 Å². The molecule has 1 unspecified atom stereocenters. The van der Waals surface area contributed by atoms with Gasteiger partial charge in [-0.1, -0.05) is 37.3 Å². The van der Waals surface area contributed by atoms with Crippen LogP contribution >= 0.6 is 0 Å². The van der Waals surface area contributed by atoms with Gasteiger partial charge < -0.3 is 9.72 Å². The number of carbonyl (C=O) groups excluding carboxylic acids is 1. The minimum atomic E-state index is -0.111. The van der Waals surface area contributed by atoms with Crippen LogP contribution in [0, 0.1) is 0 Å². The summed E-state index contributed by atoms with van der Waals surface area (Å²) in [4.78, 5) is 17.4. The SMILES string of the molecule is CCC(NC(=O)c1ccc2nc(-c3ccccc3)cn2c1)c1ccnn1C. The molecule has 4 aromatic rings. The van der Waals surface area contributed by atoms with Crippen molar-refractivity contribution in [1.82, 2.24) is 24.5 Å². The van der Waals surface area contributed by atoms with Gasteiger partial charge in [-0.15, -0.1) is 0 Å². The standard InChI is InChI=1S/C21H21N5O/c1-3-17(19-11-12-22-25(19)2)24-21(27)16-9-10-20-23-18(14-26(20)13-16)15-7-5-4-6-8-15/h4-14,17H,3H2,1-2H3,(H,24,27). The monoisotopic (exact) mass is 359 g/mol. The number of aromatic nitrogens is 4. The molecule has 0 aliphatic carbocycles. The van der Waals surface area contributed by atoms with E-state index in [1.165, 1.54) is 0 Å². The van der Waals surface area contributed by atoms with E-state index in [0.717, 1.165) is 29.0 Å². The first kappa shape index (κ1) is 17.0. The number of aryl methyl sites for hydroxylation is 1. The van der Waals surface area contributed by atoms with Crippen molar-refractivity contribution in [2.75, 3.05) is 0 Å². The Morgan fingerprint density at radius 1 is 1.11 bits per heavy atom. The van der Waals surface area contributed by atoms with Gasteiger partial charge in [0.1, 0.15) is 5.65 Å². The number of imidazole rings is 1. The highest BCUT2D eigenvalue weighted by molar-refractivity contribution is 5.94. The summed E-state index contributed by atoms with van der Waals surface area (Å²) in [5.74, 6) is -0.111. The highest BCUT2D eigenvalue weighted by Crippen LogP contribution is 2.20. The van der Waals surface area contributed by atoms with Crippen molar-refractivity contribution in [2.45, 2.75) is 19.4 Å². The lowest BCUT2D eigenvalue weighted by atomic mass is 10.1. The normalized spacial score (nSPS) is 12.2. The Morgan fingerprint density at radius 3 is 2.63 bits per heavy atom. The van der Waals surface area contributed by atoms with Crippen LogP contribution in [0.4, 0.5) is 0 Å². The Morgan fingerprint density at radius 2 is 1.93 bits per heavy atom. The van der Waals surface area contributed by atoms with Gasteiger partial charge in [0, 0.05) is 31.2 Å². The van der Waals surface area contributed by atoms with Gasteiger partial charge in [-0.3, -0.25) is 9.48 Å². The van der Waals surface area contributed by atoms with Crippen molar-refractivity contribution in [1.29, 1.82) is 0 Å². The van der Waals surface area contributed by atoms with Crippen molar-refractivity contribution in [3.05, 3.63) is 78.4 Å². The second kappa shape index (κ2) is 7.07. The number of nitrogens with one attached hydrogen (secondary N) is 1. The van der Waals surface area contributed by atoms with Gasteiger partial charge in [-0.25, -0.2) is 4.98 Å². The minimum absolute atomic E-state index is 0.0802. The van der Waals surface area contributed by atoms with Crippen LogP contribution in [0.25, 0.3) is 16.9 Å². The molecule has 3 aromatic heterocycles. The summed E-state index contributed by atoms with van der Waals surface area (Å²) >= 11 is 0. The van der Waals surface area contributed by atoms with E-state index in [1.54, 1.807) is 10.9 Å². The molecule has 0 aliphatic rings. The second-order valence-corrected chi connectivity index (χ2v) is 6.49. The second-order valence-electron chi connectivity index (χ2n) is 6.49. The third-order valence-corrected chi connectivity index (χ3v) is 4.71. The quantitative estimate of drug-likeness (QED) is 0.592. The van der Waals surface area contributed by atoms with E-state index in [-0.39, 0.29) is 11.9 Å². The lowest BCUT2D eigenvalue weighted by molar-refractivity contribution is 0.0933. The van der Waals surface area contributed by atoms with Crippen LogP contribution in [0.5, 0.6) is 0 Å². The summed E-state index contributed by atoms with van der Waals surface area (Å²) in [5, 5.41) is 7.29. The smallest absolute Gasteiger partial charge is 0.253 e. The fourth-order valence-corrected chi connectivity index (χ4v) is 3.23. The maximum atomic E-state index is 12.8. The van der Waals surface area contributed by atoms with Gasteiger partial charge in [-0.05, 0) is 24.6 Å². The average molecular weight is 359 g/mol. The van der Waals surface area contributed by atoms with Crippen LogP contribution < -0.4 is 5.32 Å². The molecule has 27 heavy (non-hydrogen) atoms. The van der Waals surface area contributed by atoms with E-state index >= 15 is 0 Å². The predicted octanol–water partition coefficient (Wildman–Crippen LogP) is 3.62. The highest BCUT2D eigenvalue weighted by atomic mass is 16.1. The lowest BCUT2D eigenvalue weighted by Crippen LogP contribution is -2.29. The fraction of sp³-hybridized carbons (Fsp3) is 0.190. The zero-order valence-corrected chi connectivity index (χ0v) is 15.3. The Balaban J connectivity index is 1.60. The van der Waals surface area contributed by atoms with E-state index in [1.807, 2.05) is 79.3 Å². The molecule has 0 aliphatic heterocycles. The predicted molar refractivity (Wildman–Crippen MR) is 104 cm³/mol. The number of hydrogen-bond acceptors (Lipinski definition) is 3. The number of fused-ring (bicyclic) bond motifs is 1. The van der Waals surface area contributed by atoms with Gasteiger partial charge in [-0.2, -0.15) is 5.10 Å². The van der Waals surface area contributed by atoms with E-state index in [2.05, 4.69) is 15.4 Å². The Labute approximate surface area is 157 Å². The molecule has 0 bridgehead atoms. The molecule has 3 heterocycles. The molecule has 0 radical (unpaired) electrons. The van der Waals surface area contributed by atoms with Crippen LogP contribution in [0.2, 0.25) is 0 Å². The van der Waals surface area contributed by atoms with Gasteiger partial charge in [0.25, 0.3) is 5.91 Å². The van der Waals surface area contributed by atoms with Crippen molar-refractivity contribution in [2.24, 2.45) is 7.05 Å². The number of nitrogens with zero attached hydrogens (tertiary/aromatic N) is 4. The molecule has 1 aromatic carbocycles. The minimum Gasteiger partial charge on any atom is -0.344 e. The van der Waals surface area contributed by atoms with Crippen LogP contribution in [0.1, 0.15) is 35.4 Å². The molecule has 0 saturated carbocycles. The van der Waals surface area contributed by atoms with Crippen molar-refractivity contribution in [3.8, 4) is 11.3 Å².